The van der Waals surface area contributed by atoms with Gasteiger partial charge in [-0.25, -0.2) is 8.42 Å². The largest absolute Gasteiger partial charge is 0.363 e. The van der Waals surface area contributed by atoms with Crippen LogP contribution in [0.3, 0.4) is 0 Å². The summed E-state index contributed by atoms with van der Waals surface area (Å²) in [5.41, 5.74) is 5.41. The zero-order valence-electron chi connectivity index (χ0n) is 10.1. The molecule has 1 amide bonds. The number of hydrogen-bond donors (Lipinski definition) is 2. The number of carbonyl (C=O) groups is 1. The molecule has 0 saturated heterocycles. The lowest BCUT2D eigenvalue weighted by Crippen LogP contribution is -2.15. The number of primary amides is 1. The van der Waals surface area contributed by atoms with E-state index >= 15 is 0 Å². The molecule has 10 heteroatoms. The highest BCUT2D eigenvalue weighted by Gasteiger charge is 2.20. The van der Waals surface area contributed by atoms with Gasteiger partial charge in [-0.15, -0.1) is 0 Å². The first kappa shape index (κ1) is 14.7. The van der Waals surface area contributed by atoms with Crippen LogP contribution in [0.4, 0.5) is 5.13 Å². The number of nitrogens with two attached hydrogens (primary N) is 1. The van der Waals surface area contributed by atoms with E-state index < -0.39 is 15.9 Å². The standard InChI is InChI=1S/C10H9ClN4O3S2/c1-5-6(11)3-2-4-7(5)20(17,18)15-10-13-9(8(12)16)14-19-10/h2-4H,1H3,(H2,12,16)(H,13,14,15). The predicted molar refractivity (Wildman–Crippen MR) is 75.4 cm³/mol. The third-order valence-electron chi connectivity index (χ3n) is 2.38. The molecule has 0 aliphatic carbocycles. The van der Waals surface area contributed by atoms with Crippen molar-refractivity contribution in [3.05, 3.63) is 34.6 Å². The first-order chi connectivity index (χ1) is 9.31. The number of sulfonamides is 1. The van der Waals surface area contributed by atoms with Gasteiger partial charge in [0.15, 0.2) is 0 Å². The molecule has 0 radical (unpaired) electrons. The summed E-state index contributed by atoms with van der Waals surface area (Å²) in [5.74, 6) is -1.07. The van der Waals surface area contributed by atoms with E-state index in [1.165, 1.54) is 12.1 Å². The summed E-state index contributed by atoms with van der Waals surface area (Å²) >= 11 is 6.61. The maximum absolute atomic E-state index is 12.2. The molecule has 1 aromatic heterocycles. The Labute approximate surface area is 124 Å². The van der Waals surface area contributed by atoms with Crippen molar-refractivity contribution in [2.45, 2.75) is 11.8 Å². The topological polar surface area (TPSA) is 115 Å². The Hall–Kier alpha value is -1.71. The van der Waals surface area contributed by atoms with Crippen LogP contribution in [0.1, 0.15) is 16.2 Å². The summed E-state index contributed by atoms with van der Waals surface area (Å²) < 4.78 is 30.3. The molecule has 0 spiro atoms. The first-order valence-electron chi connectivity index (χ1n) is 5.22. The number of benzene rings is 1. The molecule has 0 saturated carbocycles. The molecule has 1 aromatic carbocycles. The monoisotopic (exact) mass is 332 g/mol. The van der Waals surface area contributed by atoms with E-state index in [9.17, 15) is 13.2 Å². The van der Waals surface area contributed by atoms with E-state index in [-0.39, 0.29) is 15.9 Å². The minimum absolute atomic E-state index is 0.0285. The Morgan fingerprint density at radius 2 is 2.15 bits per heavy atom. The van der Waals surface area contributed by atoms with Crippen molar-refractivity contribution in [2.75, 3.05) is 4.72 Å². The van der Waals surface area contributed by atoms with E-state index in [1.807, 2.05) is 0 Å². The Morgan fingerprint density at radius 3 is 2.75 bits per heavy atom. The molecule has 0 unspecified atom stereocenters. The molecule has 2 aromatic rings. The van der Waals surface area contributed by atoms with Gasteiger partial charge < -0.3 is 5.73 Å². The van der Waals surface area contributed by atoms with Crippen molar-refractivity contribution in [2.24, 2.45) is 5.73 Å². The second-order valence-corrected chi connectivity index (χ2v) is 6.57. The summed E-state index contributed by atoms with van der Waals surface area (Å²) in [7, 11) is -3.86. The number of nitrogens with one attached hydrogen (secondary N) is 1. The van der Waals surface area contributed by atoms with Gasteiger partial charge in [0, 0.05) is 16.6 Å². The number of amides is 1. The fraction of sp³-hybridized carbons (Fsp3) is 0.100. The highest BCUT2D eigenvalue weighted by molar-refractivity contribution is 7.93. The van der Waals surface area contributed by atoms with Crippen LogP contribution in [0.15, 0.2) is 23.1 Å². The van der Waals surface area contributed by atoms with Gasteiger partial charge >= 0.3 is 0 Å². The van der Waals surface area contributed by atoms with Crippen LogP contribution in [0, 0.1) is 6.92 Å². The molecule has 0 fully saturated rings. The van der Waals surface area contributed by atoms with Crippen molar-refractivity contribution in [1.82, 2.24) is 9.36 Å². The third kappa shape index (κ3) is 2.89. The second kappa shape index (κ2) is 5.35. The lowest BCUT2D eigenvalue weighted by molar-refractivity contribution is 0.0992. The molecule has 0 aliphatic heterocycles. The van der Waals surface area contributed by atoms with Crippen LogP contribution in [0.2, 0.25) is 5.02 Å². The molecule has 0 bridgehead atoms. The van der Waals surface area contributed by atoms with E-state index in [2.05, 4.69) is 14.1 Å². The van der Waals surface area contributed by atoms with Crippen LogP contribution in [-0.2, 0) is 10.0 Å². The van der Waals surface area contributed by atoms with Gasteiger partial charge in [-0.1, -0.05) is 17.7 Å². The Morgan fingerprint density at radius 1 is 1.45 bits per heavy atom. The zero-order valence-corrected chi connectivity index (χ0v) is 12.5. The van der Waals surface area contributed by atoms with Crippen molar-refractivity contribution < 1.29 is 13.2 Å². The van der Waals surface area contributed by atoms with Gasteiger partial charge in [-0.3, -0.25) is 9.52 Å². The molecule has 0 atom stereocenters. The van der Waals surface area contributed by atoms with Crippen LogP contribution < -0.4 is 10.5 Å². The van der Waals surface area contributed by atoms with Crippen LogP contribution in [0.25, 0.3) is 0 Å². The van der Waals surface area contributed by atoms with Gasteiger partial charge in [0.25, 0.3) is 15.9 Å². The van der Waals surface area contributed by atoms with Crippen LogP contribution in [0.5, 0.6) is 0 Å². The maximum Gasteiger partial charge on any atom is 0.287 e. The third-order valence-corrected chi connectivity index (χ3v) is 5.03. The van der Waals surface area contributed by atoms with E-state index in [0.717, 1.165) is 11.5 Å². The molecule has 20 heavy (non-hydrogen) atoms. The minimum Gasteiger partial charge on any atom is -0.363 e. The van der Waals surface area contributed by atoms with E-state index in [1.54, 1.807) is 13.0 Å². The second-order valence-electron chi connectivity index (χ2n) is 3.76. The maximum atomic E-state index is 12.2. The number of rotatable bonds is 4. The quantitative estimate of drug-likeness (QED) is 0.878. The highest BCUT2D eigenvalue weighted by atomic mass is 35.5. The van der Waals surface area contributed by atoms with Crippen molar-refractivity contribution in [3.8, 4) is 0 Å². The lowest BCUT2D eigenvalue weighted by atomic mass is 10.2. The molecular formula is C10H9ClN4O3S2. The van der Waals surface area contributed by atoms with Crippen LogP contribution >= 0.6 is 23.1 Å². The van der Waals surface area contributed by atoms with Gasteiger partial charge in [-0.05, 0) is 24.6 Å². The van der Waals surface area contributed by atoms with Gasteiger partial charge in [0.05, 0.1) is 4.90 Å². The highest BCUT2D eigenvalue weighted by Crippen LogP contribution is 2.25. The van der Waals surface area contributed by atoms with E-state index in [0.29, 0.717) is 10.6 Å². The zero-order chi connectivity index (χ0) is 14.9. The average Bonchev–Trinajstić information content (AvgIpc) is 2.80. The summed E-state index contributed by atoms with van der Waals surface area (Å²) in [6.45, 7) is 1.59. The fourth-order valence-electron chi connectivity index (χ4n) is 1.41. The number of anilines is 1. The minimum atomic E-state index is -3.86. The SMILES string of the molecule is Cc1c(Cl)cccc1S(=O)(=O)Nc1nc(C(N)=O)ns1. The van der Waals surface area contributed by atoms with Gasteiger partial charge in [-0.2, -0.15) is 9.36 Å². The van der Waals surface area contributed by atoms with Crippen molar-refractivity contribution in [1.29, 1.82) is 0 Å². The number of nitrogens with zero attached hydrogens (tertiary/aromatic N) is 2. The van der Waals surface area contributed by atoms with E-state index in [4.69, 9.17) is 17.3 Å². The van der Waals surface area contributed by atoms with Crippen LogP contribution in [-0.4, -0.2) is 23.7 Å². The fourth-order valence-corrected chi connectivity index (χ4v) is 3.71. The Kier molecular flexibility index (Phi) is 3.93. The molecular weight excluding hydrogens is 324 g/mol. The van der Waals surface area contributed by atoms with Gasteiger partial charge in [0.1, 0.15) is 0 Å². The molecule has 1 heterocycles. The first-order valence-corrected chi connectivity index (χ1v) is 7.86. The number of aromatic nitrogens is 2. The van der Waals surface area contributed by atoms with Crippen molar-refractivity contribution in [3.63, 3.8) is 0 Å². The predicted octanol–water partition coefficient (Wildman–Crippen LogP) is 1.40. The lowest BCUT2D eigenvalue weighted by Gasteiger charge is -2.08. The molecule has 0 aliphatic rings. The summed E-state index contributed by atoms with van der Waals surface area (Å²) in [6.07, 6.45) is 0. The Bertz CT molecular complexity index is 773. The van der Waals surface area contributed by atoms with Crippen molar-refractivity contribution >= 4 is 44.2 Å². The normalized spacial score (nSPS) is 11.3. The number of halogens is 1. The number of carbonyl (C=O) groups excluding carboxylic acids is 1. The molecule has 7 nitrogen and oxygen atoms in total. The Balaban J connectivity index is 2.35. The smallest absolute Gasteiger partial charge is 0.287 e. The summed E-state index contributed by atoms with van der Waals surface area (Å²) in [6, 6.07) is 4.53. The molecule has 106 valence electrons. The van der Waals surface area contributed by atoms with Gasteiger partial charge in [0.2, 0.25) is 11.0 Å². The average molecular weight is 333 g/mol. The summed E-state index contributed by atoms with van der Waals surface area (Å²) in [5, 5.41) is 0.293. The number of hydrogen-bond acceptors (Lipinski definition) is 6. The molecule has 3 N–H and O–H groups in total. The molecule has 2 rings (SSSR count). The summed E-state index contributed by atoms with van der Waals surface area (Å²) in [4.78, 5) is 14.6.